The van der Waals surface area contributed by atoms with Crippen LogP contribution in [-0.4, -0.2) is 22.4 Å². The van der Waals surface area contributed by atoms with E-state index in [2.05, 4.69) is 15.4 Å². The number of aromatic nitrogens is 2. The Hall–Kier alpha value is -3.48. The minimum absolute atomic E-state index is 0.256. The highest BCUT2D eigenvalue weighted by atomic mass is 19.1. The van der Waals surface area contributed by atoms with E-state index in [1.54, 1.807) is 22.9 Å². The quantitative estimate of drug-likeness (QED) is 0.710. The number of hydrogen-bond acceptors (Lipinski definition) is 3. The second-order valence-electron chi connectivity index (χ2n) is 6.04. The molecule has 0 aliphatic rings. The standard InChI is InChI=1S/C21H21FN4O2/c1-2-12-28-20-13-18(15-24-26(20)19-6-4-3-5-7-19)25-21(27)23-14-16-8-10-17(22)11-9-16/h3-11,13,15H,2,12,14H2,1H3,(H,23,27). The SMILES string of the molecule is CCCOc1cc(=NC(=O)NCc2ccc(F)cc2)cnn1-c1ccccc1. The van der Waals surface area contributed by atoms with Gasteiger partial charge in [-0.2, -0.15) is 10.1 Å². The lowest BCUT2D eigenvalue weighted by atomic mass is 10.2. The maximum atomic E-state index is 12.9. The summed E-state index contributed by atoms with van der Waals surface area (Å²) in [6, 6.07) is 16.7. The van der Waals surface area contributed by atoms with Crippen LogP contribution in [0.3, 0.4) is 0 Å². The molecular weight excluding hydrogens is 359 g/mol. The lowest BCUT2D eigenvalue weighted by Gasteiger charge is -2.12. The maximum absolute atomic E-state index is 12.9. The Bertz CT molecular complexity index is 985. The van der Waals surface area contributed by atoms with Crippen LogP contribution in [0.25, 0.3) is 5.69 Å². The molecule has 3 aromatic rings. The number of amides is 2. The number of hydrogen-bond donors (Lipinski definition) is 1. The van der Waals surface area contributed by atoms with Gasteiger partial charge in [0.25, 0.3) is 0 Å². The van der Waals surface area contributed by atoms with Gasteiger partial charge in [0.1, 0.15) is 5.82 Å². The monoisotopic (exact) mass is 380 g/mol. The molecule has 0 aliphatic carbocycles. The summed E-state index contributed by atoms with van der Waals surface area (Å²) in [5.74, 6) is 0.182. The summed E-state index contributed by atoms with van der Waals surface area (Å²) in [6.45, 7) is 2.79. The highest BCUT2D eigenvalue weighted by Gasteiger charge is 2.06. The van der Waals surface area contributed by atoms with Gasteiger partial charge < -0.3 is 10.1 Å². The van der Waals surface area contributed by atoms with E-state index in [0.717, 1.165) is 17.7 Å². The van der Waals surface area contributed by atoms with E-state index < -0.39 is 6.03 Å². The highest BCUT2D eigenvalue weighted by molar-refractivity contribution is 5.74. The fourth-order valence-electron chi connectivity index (χ4n) is 2.47. The van der Waals surface area contributed by atoms with Crippen LogP contribution in [0, 0.1) is 5.82 Å². The minimum atomic E-state index is -0.509. The molecule has 2 amide bonds. The fraction of sp³-hybridized carbons (Fsp3) is 0.190. The molecule has 1 aromatic heterocycles. The highest BCUT2D eigenvalue weighted by Crippen LogP contribution is 2.14. The average Bonchev–Trinajstić information content (AvgIpc) is 2.72. The average molecular weight is 380 g/mol. The third-order valence-corrected chi connectivity index (χ3v) is 3.83. The minimum Gasteiger partial charge on any atom is -0.478 e. The van der Waals surface area contributed by atoms with Crippen molar-refractivity contribution in [3.05, 3.63) is 83.6 Å². The van der Waals surface area contributed by atoms with Gasteiger partial charge >= 0.3 is 6.03 Å². The first kappa shape index (κ1) is 19.3. The van der Waals surface area contributed by atoms with Gasteiger partial charge in [-0.05, 0) is 36.2 Å². The summed E-state index contributed by atoms with van der Waals surface area (Å²) < 4.78 is 20.4. The third-order valence-electron chi connectivity index (χ3n) is 3.83. The Morgan fingerprint density at radius 2 is 1.93 bits per heavy atom. The van der Waals surface area contributed by atoms with Gasteiger partial charge in [-0.15, -0.1) is 0 Å². The van der Waals surface area contributed by atoms with Gasteiger partial charge in [-0.25, -0.2) is 13.9 Å². The van der Waals surface area contributed by atoms with Crippen molar-refractivity contribution in [1.82, 2.24) is 15.1 Å². The molecule has 0 unspecified atom stereocenters. The van der Waals surface area contributed by atoms with E-state index in [-0.39, 0.29) is 12.4 Å². The Morgan fingerprint density at radius 1 is 1.18 bits per heavy atom. The van der Waals surface area contributed by atoms with Crippen molar-refractivity contribution in [2.75, 3.05) is 6.61 Å². The molecule has 144 valence electrons. The molecule has 3 rings (SSSR count). The van der Waals surface area contributed by atoms with Crippen molar-refractivity contribution < 1.29 is 13.9 Å². The lowest BCUT2D eigenvalue weighted by molar-refractivity contribution is 0.248. The van der Waals surface area contributed by atoms with Crippen LogP contribution in [0.5, 0.6) is 5.88 Å². The van der Waals surface area contributed by atoms with E-state index in [4.69, 9.17) is 4.74 Å². The molecule has 0 saturated heterocycles. The first-order chi connectivity index (χ1) is 13.7. The number of halogens is 1. The van der Waals surface area contributed by atoms with Crippen molar-refractivity contribution in [1.29, 1.82) is 0 Å². The predicted molar refractivity (Wildman–Crippen MR) is 104 cm³/mol. The summed E-state index contributed by atoms with van der Waals surface area (Å²) >= 11 is 0. The largest absolute Gasteiger partial charge is 0.478 e. The normalized spacial score (nSPS) is 11.3. The zero-order valence-electron chi connectivity index (χ0n) is 15.5. The first-order valence-electron chi connectivity index (χ1n) is 9.00. The summed E-state index contributed by atoms with van der Waals surface area (Å²) in [4.78, 5) is 16.1. The van der Waals surface area contributed by atoms with E-state index in [0.29, 0.717) is 17.8 Å². The number of urea groups is 1. The molecule has 2 aromatic carbocycles. The van der Waals surface area contributed by atoms with Gasteiger partial charge in [-0.3, -0.25) is 0 Å². The zero-order chi connectivity index (χ0) is 19.8. The van der Waals surface area contributed by atoms with Gasteiger partial charge in [0, 0.05) is 12.6 Å². The van der Waals surface area contributed by atoms with E-state index >= 15 is 0 Å². The van der Waals surface area contributed by atoms with Gasteiger partial charge in [0.2, 0.25) is 5.88 Å². The molecule has 7 heteroatoms. The maximum Gasteiger partial charge on any atom is 0.341 e. The molecule has 1 heterocycles. The topological polar surface area (TPSA) is 68.5 Å². The molecular formula is C21H21FN4O2. The number of nitrogens with zero attached hydrogens (tertiary/aromatic N) is 3. The van der Waals surface area contributed by atoms with E-state index in [1.807, 2.05) is 37.3 Å². The van der Waals surface area contributed by atoms with Crippen LogP contribution >= 0.6 is 0 Å². The Balaban J connectivity index is 1.78. The van der Waals surface area contributed by atoms with Gasteiger partial charge in [0.15, 0.2) is 0 Å². The van der Waals surface area contributed by atoms with Crippen LogP contribution in [0.1, 0.15) is 18.9 Å². The van der Waals surface area contributed by atoms with Crippen LogP contribution < -0.4 is 15.4 Å². The van der Waals surface area contributed by atoms with Crippen LogP contribution in [-0.2, 0) is 6.54 Å². The van der Waals surface area contributed by atoms with Crippen molar-refractivity contribution in [3.8, 4) is 11.6 Å². The number of carbonyl (C=O) groups is 1. The van der Waals surface area contributed by atoms with Crippen molar-refractivity contribution >= 4 is 6.03 Å². The second-order valence-corrected chi connectivity index (χ2v) is 6.04. The smallest absolute Gasteiger partial charge is 0.341 e. The molecule has 0 fully saturated rings. The number of benzene rings is 2. The third kappa shape index (κ3) is 5.26. The van der Waals surface area contributed by atoms with Gasteiger partial charge in [-0.1, -0.05) is 37.3 Å². The van der Waals surface area contributed by atoms with E-state index in [9.17, 15) is 9.18 Å². The summed E-state index contributed by atoms with van der Waals surface area (Å²) in [5.41, 5.74) is 1.63. The molecule has 0 atom stereocenters. The number of nitrogens with one attached hydrogen (secondary N) is 1. The number of ether oxygens (including phenoxy) is 1. The number of rotatable bonds is 6. The molecule has 1 N–H and O–H groups in total. The second kappa shape index (κ2) is 9.45. The molecule has 0 bridgehead atoms. The molecule has 0 radical (unpaired) electrons. The van der Waals surface area contributed by atoms with Gasteiger partial charge in [0.05, 0.1) is 23.8 Å². The van der Waals surface area contributed by atoms with E-state index in [1.165, 1.54) is 18.3 Å². The molecule has 6 nitrogen and oxygen atoms in total. The predicted octanol–water partition coefficient (Wildman–Crippen LogP) is 3.61. The van der Waals surface area contributed by atoms with Crippen molar-refractivity contribution in [3.63, 3.8) is 0 Å². The van der Waals surface area contributed by atoms with Crippen LogP contribution in [0.15, 0.2) is 71.9 Å². The number of para-hydroxylation sites is 1. The van der Waals surface area contributed by atoms with Crippen LogP contribution in [0.4, 0.5) is 9.18 Å². The fourth-order valence-corrected chi connectivity index (χ4v) is 2.47. The summed E-state index contributed by atoms with van der Waals surface area (Å²) in [6.07, 6.45) is 2.34. The lowest BCUT2D eigenvalue weighted by Crippen LogP contribution is -2.22. The first-order valence-corrected chi connectivity index (χ1v) is 9.00. The molecule has 0 aliphatic heterocycles. The Morgan fingerprint density at radius 3 is 2.64 bits per heavy atom. The molecule has 28 heavy (non-hydrogen) atoms. The Labute approximate surface area is 162 Å². The molecule has 0 spiro atoms. The van der Waals surface area contributed by atoms with Crippen molar-refractivity contribution in [2.45, 2.75) is 19.9 Å². The summed E-state index contributed by atoms with van der Waals surface area (Å²) in [7, 11) is 0. The van der Waals surface area contributed by atoms with Crippen LogP contribution in [0.2, 0.25) is 0 Å². The number of carbonyl (C=O) groups excluding carboxylic acids is 1. The van der Waals surface area contributed by atoms with Crippen molar-refractivity contribution in [2.24, 2.45) is 4.99 Å². The zero-order valence-corrected chi connectivity index (χ0v) is 15.5. The summed E-state index contributed by atoms with van der Waals surface area (Å²) in [5, 5.41) is 7.42. The Kier molecular flexibility index (Phi) is 6.51. The molecule has 0 saturated carbocycles.